The largest absolute Gasteiger partial charge is 0.441 e. The van der Waals surface area contributed by atoms with Crippen LogP contribution < -0.4 is 10.6 Å². The Balaban J connectivity index is 1.50. The summed E-state index contributed by atoms with van der Waals surface area (Å²) in [4.78, 5) is 28.5. The summed E-state index contributed by atoms with van der Waals surface area (Å²) in [7, 11) is 0. The number of nitrogens with zero attached hydrogens (tertiary/aromatic N) is 1. The number of carbonyl (C=O) groups is 2. The van der Waals surface area contributed by atoms with E-state index < -0.39 is 5.25 Å². The predicted molar refractivity (Wildman–Crippen MR) is 104 cm³/mol. The van der Waals surface area contributed by atoms with E-state index >= 15 is 0 Å². The lowest BCUT2D eigenvalue weighted by Gasteiger charge is -2.12. The number of fused-ring (bicyclic) bond motifs is 1. The first-order chi connectivity index (χ1) is 12.9. The van der Waals surface area contributed by atoms with Crippen LogP contribution in [0.4, 0.5) is 15.8 Å². The molecule has 3 rings (SSSR count). The van der Waals surface area contributed by atoms with Gasteiger partial charge in [0.1, 0.15) is 11.3 Å². The number of aromatic nitrogens is 1. The Morgan fingerprint density at radius 1 is 1.15 bits per heavy atom. The number of halogens is 1. The van der Waals surface area contributed by atoms with E-state index in [9.17, 15) is 14.0 Å². The summed E-state index contributed by atoms with van der Waals surface area (Å²) < 4.78 is 18.3. The second-order valence-corrected chi connectivity index (χ2v) is 7.24. The lowest BCUT2D eigenvalue weighted by Crippen LogP contribution is -2.25. The molecule has 140 valence electrons. The Morgan fingerprint density at radius 3 is 2.59 bits per heavy atom. The summed E-state index contributed by atoms with van der Waals surface area (Å²) in [5.74, 6) is -0.177. The van der Waals surface area contributed by atoms with Crippen molar-refractivity contribution >= 4 is 46.1 Å². The molecule has 1 heterocycles. The van der Waals surface area contributed by atoms with Crippen LogP contribution in [-0.2, 0) is 9.59 Å². The van der Waals surface area contributed by atoms with Gasteiger partial charge in [0.25, 0.3) is 0 Å². The molecule has 0 radical (unpaired) electrons. The zero-order chi connectivity index (χ0) is 19.4. The van der Waals surface area contributed by atoms with Gasteiger partial charge in [-0.3, -0.25) is 9.59 Å². The van der Waals surface area contributed by atoms with Gasteiger partial charge < -0.3 is 15.1 Å². The number of hydrogen-bond donors (Lipinski definition) is 2. The van der Waals surface area contributed by atoms with E-state index in [2.05, 4.69) is 15.6 Å². The summed E-state index contributed by atoms with van der Waals surface area (Å²) in [5.41, 5.74) is 2.45. The van der Waals surface area contributed by atoms with Crippen molar-refractivity contribution in [3.05, 3.63) is 54.2 Å². The molecule has 8 heteroatoms. The van der Waals surface area contributed by atoms with Gasteiger partial charge in [0, 0.05) is 18.3 Å². The van der Waals surface area contributed by atoms with Gasteiger partial charge in [-0.2, -0.15) is 0 Å². The molecule has 6 nitrogen and oxygen atoms in total. The van der Waals surface area contributed by atoms with Gasteiger partial charge in [-0.25, -0.2) is 9.37 Å². The topological polar surface area (TPSA) is 84.2 Å². The molecular formula is C19H18FN3O3S. The SMILES string of the molecule is Cc1nc2cc(NC(=O)C(C)SCC(=O)Nc3ccc(F)cc3)ccc2o1. The molecule has 0 aliphatic carbocycles. The lowest BCUT2D eigenvalue weighted by molar-refractivity contribution is -0.115. The molecule has 1 unspecified atom stereocenters. The molecule has 0 saturated heterocycles. The third-order valence-corrected chi connectivity index (χ3v) is 4.87. The van der Waals surface area contributed by atoms with Crippen LogP contribution >= 0.6 is 11.8 Å². The number of oxazole rings is 1. The smallest absolute Gasteiger partial charge is 0.237 e. The van der Waals surface area contributed by atoms with E-state index in [1.54, 1.807) is 32.0 Å². The normalized spacial score (nSPS) is 12.0. The minimum atomic E-state index is -0.432. The Bertz CT molecular complexity index is 972. The van der Waals surface area contributed by atoms with Crippen LogP contribution in [0.2, 0.25) is 0 Å². The maximum absolute atomic E-state index is 12.9. The molecular weight excluding hydrogens is 369 g/mol. The van der Waals surface area contributed by atoms with Crippen LogP contribution in [0.3, 0.4) is 0 Å². The number of benzene rings is 2. The van der Waals surface area contributed by atoms with Crippen molar-refractivity contribution in [2.45, 2.75) is 19.1 Å². The quantitative estimate of drug-likeness (QED) is 0.668. The molecule has 2 amide bonds. The Hall–Kier alpha value is -2.87. The number of carbonyl (C=O) groups excluding carboxylic acids is 2. The fourth-order valence-electron chi connectivity index (χ4n) is 2.37. The average molecular weight is 387 g/mol. The minimum absolute atomic E-state index is 0.105. The molecule has 2 N–H and O–H groups in total. The van der Waals surface area contributed by atoms with E-state index in [0.29, 0.717) is 28.4 Å². The van der Waals surface area contributed by atoms with E-state index in [-0.39, 0.29) is 23.4 Å². The molecule has 0 aliphatic rings. The number of rotatable bonds is 6. The number of anilines is 2. The fourth-order valence-corrected chi connectivity index (χ4v) is 3.05. The second kappa shape index (κ2) is 8.22. The Labute approximate surface area is 159 Å². The molecule has 0 spiro atoms. The second-order valence-electron chi connectivity index (χ2n) is 5.91. The Morgan fingerprint density at radius 2 is 1.85 bits per heavy atom. The number of hydrogen-bond acceptors (Lipinski definition) is 5. The maximum Gasteiger partial charge on any atom is 0.237 e. The van der Waals surface area contributed by atoms with Crippen LogP contribution in [0.25, 0.3) is 11.1 Å². The summed E-state index contributed by atoms with van der Waals surface area (Å²) in [6.07, 6.45) is 0. The molecule has 0 aliphatic heterocycles. The highest BCUT2D eigenvalue weighted by molar-refractivity contribution is 8.01. The highest BCUT2D eigenvalue weighted by atomic mass is 32.2. The fraction of sp³-hybridized carbons (Fsp3) is 0.211. The summed E-state index contributed by atoms with van der Waals surface area (Å²) in [6.45, 7) is 3.48. The third kappa shape index (κ3) is 5.07. The van der Waals surface area contributed by atoms with Crippen molar-refractivity contribution in [3.8, 4) is 0 Å². The van der Waals surface area contributed by atoms with Crippen molar-refractivity contribution < 1.29 is 18.4 Å². The number of aryl methyl sites for hydroxylation is 1. The summed E-state index contributed by atoms with van der Waals surface area (Å²) in [5, 5.41) is 5.03. The minimum Gasteiger partial charge on any atom is -0.441 e. The van der Waals surface area contributed by atoms with Gasteiger partial charge in [0.05, 0.1) is 11.0 Å². The van der Waals surface area contributed by atoms with Gasteiger partial charge in [-0.15, -0.1) is 11.8 Å². The van der Waals surface area contributed by atoms with Crippen molar-refractivity contribution in [2.24, 2.45) is 0 Å². The number of amides is 2. The summed E-state index contributed by atoms with van der Waals surface area (Å²) in [6, 6.07) is 10.7. The van der Waals surface area contributed by atoms with Crippen LogP contribution in [0.1, 0.15) is 12.8 Å². The molecule has 0 fully saturated rings. The maximum atomic E-state index is 12.9. The molecule has 0 bridgehead atoms. The van der Waals surface area contributed by atoms with Crippen LogP contribution in [0.15, 0.2) is 46.9 Å². The first-order valence-electron chi connectivity index (χ1n) is 8.26. The van der Waals surface area contributed by atoms with Gasteiger partial charge in [-0.05, 0) is 49.4 Å². The third-order valence-electron chi connectivity index (χ3n) is 3.72. The molecule has 2 aromatic carbocycles. The zero-order valence-electron chi connectivity index (χ0n) is 14.8. The van der Waals surface area contributed by atoms with Crippen LogP contribution in [-0.4, -0.2) is 27.8 Å². The number of thioether (sulfide) groups is 1. The zero-order valence-corrected chi connectivity index (χ0v) is 15.6. The van der Waals surface area contributed by atoms with Crippen molar-refractivity contribution in [3.63, 3.8) is 0 Å². The van der Waals surface area contributed by atoms with Gasteiger partial charge in [0.15, 0.2) is 11.5 Å². The molecule has 1 aromatic heterocycles. The molecule has 0 saturated carbocycles. The van der Waals surface area contributed by atoms with Crippen LogP contribution in [0, 0.1) is 12.7 Å². The van der Waals surface area contributed by atoms with E-state index in [1.807, 2.05) is 0 Å². The monoisotopic (exact) mass is 387 g/mol. The highest BCUT2D eigenvalue weighted by Gasteiger charge is 2.16. The number of nitrogens with one attached hydrogen (secondary N) is 2. The lowest BCUT2D eigenvalue weighted by atomic mass is 10.3. The van der Waals surface area contributed by atoms with Gasteiger partial charge in [-0.1, -0.05) is 0 Å². The van der Waals surface area contributed by atoms with Crippen molar-refractivity contribution in [1.29, 1.82) is 0 Å². The van der Waals surface area contributed by atoms with E-state index in [1.165, 1.54) is 36.0 Å². The van der Waals surface area contributed by atoms with Crippen LogP contribution in [0.5, 0.6) is 0 Å². The predicted octanol–water partition coefficient (Wildman–Crippen LogP) is 3.97. The van der Waals surface area contributed by atoms with E-state index in [0.717, 1.165) is 0 Å². The molecule has 3 aromatic rings. The summed E-state index contributed by atoms with van der Waals surface area (Å²) >= 11 is 1.21. The highest BCUT2D eigenvalue weighted by Crippen LogP contribution is 2.21. The van der Waals surface area contributed by atoms with Crippen molar-refractivity contribution in [2.75, 3.05) is 16.4 Å². The van der Waals surface area contributed by atoms with E-state index in [4.69, 9.17) is 4.42 Å². The first kappa shape index (κ1) is 18.9. The standard InChI is InChI=1S/C19H18FN3O3S/c1-11(27-10-18(24)22-14-5-3-13(20)4-6-14)19(25)23-15-7-8-17-16(9-15)21-12(2)26-17/h3-9,11H,10H2,1-2H3,(H,22,24)(H,23,25). The molecule has 1 atom stereocenters. The first-order valence-corrected chi connectivity index (χ1v) is 9.30. The average Bonchev–Trinajstić information content (AvgIpc) is 3.01. The van der Waals surface area contributed by atoms with Gasteiger partial charge >= 0.3 is 0 Å². The van der Waals surface area contributed by atoms with Gasteiger partial charge in [0.2, 0.25) is 11.8 Å². The molecule has 27 heavy (non-hydrogen) atoms. The Kier molecular flexibility index (Phi) is 5.75. The van der Waals surface area contributed by atoms with Crippen molar-refractivity contribution in [1.82, 2.24) is 4.98 Å².